The van der Waals surface area contributed by atoms with Gasteiger partial charge in [0.1, 0.15) is 10.7 Å². The molecule has 0 unspecified atom stereocenters. The Morgan fingerprint density at radius 3 is 2.75 bits per heavy atom. The summed E-state index contributed by atoms with van der Waals surface area (Å²) < 4.78 is 4.21. The van der Waals surface area contributed by atoms with Crippen LogP contribution in [0.2, 0.25) is 0 Å². The molecule has 0 aromatic carbocycles. The molecular formula is C14H12N4OS. The molecule has 0 spiro atoms. The Bertz CT molecular complexity index is 741. The first kappa shape index (κ1) is 12.8. The van der Waals surface area contributed by atoms with Crippen molar-refractivity contribution in [3.8, 4) is 22.8 Å². The monoisotopic (exact) mass is 284 g/mol. The fraction of sp³-hybridized carbons (Fsp3) is 0.143. The number of rotatable bonds is 3. The summed E-state index contributed by atoms with van der Waals surface area (Å²) in [5, 5.41) is 9.63. The van der Waals surface area contributed by atoms with Crippen molar-refractivity contribution in [3.63, 3.8) is 0 Å². The lowest BCUT2D eigenvalue weighted by Crippen LogP contribution is -1.91. The third kappa shape index (κ3) is 2.56. The van der Waals surface area contributed by atoms with Crippen LogP contribution in [0.4, 0.5) is 0 Å². The molecule has 0 fully saturated rings. The quantitative estimate of drug-likeness (QED) is 0.800. The highest BCUT2D eigenvalue weighted by atomic mass is 32.1. The van der Waals surface area contributed by atoms with E-state index in [0.29, 0.717) is 16.5 Å². The molecule has 0 aliphatic heterocycles. The van der Waals surface area contributed by atoms with Crippen LogP contribution in [0.1, 0.15) is 10.7 Å². The minimum absolute atomic E-state index is 0.0963. The van der Waals surface area contributed by atoms with Gasteiger partial charge in [0.2, 0.25) is 0 Å². The van der Waals surface area contributed by atoms with E-state index in [0.717, 1.165) is 17.0 Å². The van der Waals surface area contributed by atoms with Gasteiger partial charge in [-0.3, -0.25) is 4.98 Å². The summed E-state index contributed by atoms with van der Waals surface area (Å²) in [6.07, 6.45) is 1.77. The smallest absolute Gasteiger partial charge is 0.191 e. The van der Waals surface area contributed by atoms with E-state index in [1.807, 2.05) is 37.3 Å². The fourth-order valence-corrected chi connectivity index (χ4v) is 2.36. The Morgan fingerprint density at radius 1 is 1.15 bits per heavy atom. The van der Waals surface area contributed by atoms with Gasteiger partial charge in [0, 0.05) is 17.5 Å². The zero-order chi connectivity index (χ0) is 13.9. The predicted molar refractivity (Wildman–Crippen MR) is 77.0 cm³/mol. The summed E-state index contributed by atoms with van der Waals surface area (Å²) in [7, 11) is 0. The highest BCUT2D eigenvalue weighted by molar-refractivity contribution is 7.05. The Hall–Kier alpha value is -2.18. The van der Waals surface area contributed by atoms with E-state index < -0.39 is 0 Å². The van der Waals surface area contributed by atoms with Gasteiger partial charge in [-0.2, -0.15) is 4.37 Å². The number of pyridine rings is 2. The highest BCUT2D eigenvalue weighted by Crippen LogP contribution is 2.22. The maximum absolute atomic E-state index is 9.04. The maximum Gasteiger partial charge on any atom is 0.191 e. The second-order valence-electron chi connectivity index (χ2n) is 4.26. The van der Waals surface area contributed by atoms with Crippen LogP contribution in [0.5, 0.6) is 0 Å². The van der Waals surface area contributed by atoms with Crippen molar-refractivity contribution in [1.82, 2.24) is 19.3 Å². The van der Waals surface area contributed by atoms with Crippen LogP contribution >= 0.6 is 11.5 Å². The van der Waals surface area contributed by atoms with Crippen molar-refractivity contribution >= 4 is 11.5 Å². The summed E-state index contributed by atoms with van der Waals surface area (Å²) in [4.78, 5) is 13.0. The van der Waals surface area contributed by atoms with Gasteiger partial charge in [0.05, 0.1) is 12.3 Å². The maximum atomic E-state index is 9.04. The summed E-state index contributed by atoms with van der Waals surface area (Å²) >= 11 is 1.19. The molecule has 6 heteroatoms. The normalized spacial score (nSPS) is 10.7. The average Bonchev–Trinajstić information content (AvgIpc) is 2.96. The number of hydrogen-bond acceptors (Lipinski definition) is 6. The number of nitrogens with zero attached hydrogens (tertiary/aromatic N) is 4. The van der Waals surface area contributed by atoms with Gasteiger partial charge < -0.3 is 5.11 Å². The molecule has 0 atom stereocenters. The lowest BCUT2D eigenvalue weighted by atomic mass is 10.1. The second-order valence-corrected chi connectivity index (χ2v) is 5.10. The van der Waals surface area contributed by atoms with Crippen LogP contribution in [0.25, 0.3) is 22.8 Å². The van der Waals surface area contributed by atoms with Crippen LogP contribution in [0, 0.1) is 6.92 Å². The minimum atomic E-state index is -0.0963. The Balaban J connectivity index is 2.01. The van der Waals surface area contributed by atoms with Crippen LogP contribution < -0.4 is 0 Å². The first-order valence-corrected chi connectivity index (χ1v) is 6.87. The SMILES string of the molecule is Cc1cc(-c2cccc(-c3nsc(CO)n3)n2)ccn1. The molecule has 0 radical (unpaired) electrons. The Labute approximate surface area is 120 Å². The number of aryl methyl sites for hydroxylation is 1. The highest BCUT2D eigenvalue weighted by Gasteiger charge is 2.09. The number of hydrogen-bond donors (Lipinski definition) is 1. The van der Waals surface area contributed by atoms with Crippen LogP contribution in [-0.4, -0.2) is 24.4 Å². The van der Waals surface area contributed by atoms with E-state index in [4.69, 9.17) is 5.11 Å². The van der Waals surface area contributed by atoms with Gasteiger partial charge in [-0.05, 0) is 42.7 Å². The molecule has 0 saturated carbocycles. The zero-order valence-electron chi connectivity index (χ0n) is 10.8. The molecule has 5 nitrogen and oxygen atoms in total. The standard InChI is InChI=1S/C14H12N4OS/c1-9-7-10(5-6-15-9)11-3-2-4-12(16-11)14-17-13(8-19)20-18-14/h2-7,19H,8H2,1H3. The van der Waals surface area contributed by atoms with Gasteiger partial charge in [-0.15, -0.1) is 0 Å². The number of aromatic nitrogens is 4. The zero-order valence-corrected chi connectivity index (χ0v) is 11.6. The fourth-order valence-electron chi connectivity index (χ4n) is 1.85. The van der Waals surface area contributed by atoms with Crippen LogP contribution in [0.15, 0.2) is 36.5 Å². The molecule has 20 heavy (non-hydrogen) atoms. The summed E-state index contributed by atoms with van der Waals surface area (Å²) in [5.41, 5.74) is 3.52. The van der Waals surface area contributed by atoms with E-state index >= 15 is 0 Å². The molecule has 100 valence electrons. The lowest BCUT2D eigenvalue weighted by Gasteiger charge is -2.03. The summed E-state index contributed by atoms with van der Waals surface area (Å²) in [6, 6.07) is 9.64. The lowest BCUT2D eigenvalue weighted by molar-refractivity contribution is 0.281. The molecule has 0 aliphatic rings. The van der Waals surface area contributed by atoms with E-state index in [2.05, 4.69) is 19.3 Å². The van der Waals surface area contributed by atoms with E-state index in [1.54, 1.807) is 6.20 Å². The van der Waals surface area contributed by atoms with Crippen molar-refractivity contribution in [3.05, 3.63) is 47.2 Å². The largest absolute Gasteiger partial charge is 0.389 e. The molecule has 0 saturated heterocycles. The van der Waals surface area contributed by atoms with Crippen molar-refractivity contribution in [2.45, 2.75) is 13.5 Å². The Kier molecular flexibility index (Phi) is 3.49. The topological polar surface area (TPSA) is 71.8 Å². The summed E-state index contributed by atoms with van der Waals surface area (Å²) in [6.45, 7) is 1.85. The summed E-state index contributed by atoms with van der Waals surface area (Å²) in [5.74, 6) is 0.548. The van der Waals surface area contributed by atoms with Gasteiger partial charge in [0.25, 0.3) is 0 Å². The van der Waals surface area contributed by atoms with E-state index in [9.17, 15) is 0 Å². The third-order valence-electron chi connectivity index (χ3n) is 2.77. The molecule has 3 aromatic rings. The molecule has 0 bridgehead atoms. The van der Waals surface area contributed by atoms with Crippen molar-refractivity contribution in [2.75, 3.05) is 0 Å². The molecular weight excluding hydrogens is 272 g/mol. The molecule has 3 aromatic heterocycles. The van der Waals surface area contributed by atoms with Gasteiger partial charge in [-0.25, -0.2) is 9.97 Å². The van der Waals surface area contributed by atoms with Crippen molar-refractivity contribution < 1.29 is 5.11 Å². The number of aliphatic hydroxyl groups is 1. The van der Waals surface area contributed by atoms with Crippen LogP contribution in [-0.2, 0) is 6.61 Å². The number of aliphatic hydroxyl groups excluding tert-OH is 1. The average molecular weight is 284 g/mol. The first-order chi connectivity index (χ1) is 9.76. The van der Waals surface area contributed by atoms with Gasteiger partial charge in [0.15, 0.2) is 5.82 Å². The van der Waals surface area contributed by atoms with Gasteiger partial charge >= 0.3 is 0 Å². The third-order valence-corrected chi connectivity index (χ3v) is 3.47. The molecule has 0 amide bonds. The first-order valence-electron chi connectivity index (χ1n) is 6.10. The molecule has 1 N–H and O–H groups in total. The Morgan fingerprint density at radius 2 is 2.00 bits per heavy atom. The van der Waals surface area contributed by atoms with Gasteiger partial charge in [-0.1, -0.05) is 6.07 Å². The van der Waals surface area contributed by atoms with E-state index in [1.165, 1.54) is 11.5 Å². The van der Waals surface area contributed by atoms with Crippen LogP contribution in [0.3, 0.4) is 0 Å². The predicted octanol–water partition coefficient (Wildman–Crippen LogP) is 2.46. The van der Waals surface area contributed by atoms with Crippen molar-refractivity contribution in [2.24, 2.45) is 0 Å². The molecule has 3 rings (SSSR count). The second kappa shape index (κ2) is 5.44. The van der Waals surface area contributed by atoms with Crippen molar-refractivity contribution in [1.29, 1.82) is 0 Å². The van der Waals surface area contributed by atoms with E-state index in [-0.39, 0.29) is 6.61 Å². The molecule has 0 aliphatic carbocycles. The molecule has 3 heterocycles. The minimum Gasteiger partial charge on any atom is -0.389 e.